The summed E-state index contributed by atoms with van der Waals surface area (Å²) in [5, 5.41) is 0. The van der Waals surface area contributed by atoms with Crippen molar-refractivity contribution in [3.8, 4) is 0 Å². The van der Waals surface area contributed by atoms with E-state index in [0.29, 0.717) is 30.0 Å². The molecule has 4 rings (SSSR count). The van der Waals surface area contributed by atoms with Crippen molar-refractivity contribution in [2.45, 2.75) is 58.8 Å². The van der Waals surface area contributed by atoms with Gasteiger partial charge in [0.25, 0.3) is 0 Å². The normalized spacial score (nSPS) is 49.0. The predicted molar refractivity (Wildman–Crippen MR) is 86.7 cm³/mol. The predicted octanol–water partition coefficient (Wildman–Crippen LogP) is 3.51. The molecule has 3 saturated carbocycles. The summed E-state index contributed by atoms with van der Waals surface area (Å²) in [5.41, 5.74) is 0.510. The number of rotatable bonds is 1. The second-order valence-corrected chi connectivity index (χ2v) is 8.67. The minimum absolute atomic E-state index is 0.0544. The standard InChI is InChI=1S/C20H26O3/c1-12-10-20(11-21)13(9-17(12)22)3-4-14-15-5-6-18(23)19(15,2)8-7-16(14)20/h9,11-12,14-16H,3-8,10H2,1-2H3/t12?,14-,15-,16-,19-,20+/m0/s1. The molecule has 0 aromatic heterocycles. The van der Waals surface area contributed by atoms with E-state index in [1.807, 2.05) is 6.92 Å². The second-order valence-electron chi connectivity index (χ2n) is 8.67. The van der Waals surface area contributed by atoms with Gasteiger partial charge >= 0.3 is 0 Å². The molecule has 6 atom stereocenters. The summed E-state index contributed by atoms with van der Waals surface area (Å²) in [6, 6.07) is 0. The smallest absolute Gasteiger partial charge is 0.158 e. The van der Waals surface area contributed by atoms with Crippen LogP contribution >= 0.6 is 0 Å². The van der Waals surface area contributed by atoms with E-state index in [0.717, 1.165) is 50.4 Å². The number of hydrogen-bond donors (Lipinski definition) is 0. The average Bonchev–Trinajstić information content (AvgIpc) is 2.84. The Morgan fingerprint density at radius 2 is 1.91 bits per heavy atom. The molecule has 0 saturated heterocycles. The van der Waals surface area contributed by atoms with Crippen LogP contribution in [0.1, 0.15) is 58.8 Å². The zero-order valence-corrected chi connectivity index (χ0v) is 14.1. The highest BCUT2D eigenvalue weighted by molar-refractivity contribution is 5.95. The van der Waals surface area contributed by atoms with Gasteiger partial charge in [0, 0.05) is 17.8 Å². The molecule has 23 heavy (non-hydrogen) atoms. The lowest BCUT2D eigenvalue weighted by Gasteiger charge is -2.56. The Bertz CT molecular complexity index is 618. The van der Waals surface area contributed by atoms with E-state index in [-0.39, 0.29) is 17.1 Å². The number of carbonyl (C=O) groups excluding carboxylic acids is 3. The SMILES string of the molecule is CC1C[C@@]2(C=O)C(=CC1=O)CC[C@@H]1[C@@H]2CC[C@]2(C)C(=O)CC[C@@H]12. The molecule has 3 nitrogen and oxygen atoms in total. The number of allylic oxidation sites excluding steroid dienone is 1. The first-order chi connectivity index (χ1) is 10.9. The maximum Gasteiger partial charge on any atom is 0.158 e. The van der Waals surface area contributed by atoms with Crippen molar-refractivity contribution in [1.82, 2.24) is 0 Å². The van der Waals surface area contributed by atoms with E-state index >= 15 is 0 Å². The molecule has 124 valence electrons. The van der Waals surface area contributed by atoms with Crippen LogP contribution in [0, 0.1) is 34.5 Å². The highest BCUT2D eigenvalue weighted by atomic mass is 16.1. The van der Waals surface area contributed by atoms with Gasteiger partial charge in [0.05, 0.1) is 5.41 Å². The highest BCUT2D eigenvalue weighted by Crippen LogP contribution is 2.64. The van der Waals surface area contributed by atoms with Gasteiger partial charge in [-0.15, -0.1) is 0 Å². The van der Waals surface area contributed by atoms with E-state index in [4.69, 9.17) is 0 Å². The summed E-state index contributed by atoms with van der Waals surface area (Å²) >= 11 is 0. The van der Waals surface area contributed by atoms with Gasteiger partial charge in [-0.2, -0.15) is 0 Å². The lowest BCUT2D eigenvalue weighted by atomic mass is 9.46. The van der Waals surface area contributed by atoms with Crippen molar-refractivity contribution in [1.29, 1.82) is 0 Å². The van der Waals surface area contributed by atoms with Crippen molar-refractivity contribution in [2.24, 2.45) is 34.5 Å². The maximum atomic E-state index is 12.4. The number of fused-ring (bicyclic) bond motifs is 5. The quantitative estimate of drug-likeness (QED) is 0.696. The monoisotopic (exact) mass is 314 g/mol. The Balaban J connectivity index is 1.75. The summed E-state index contributed by atoms with van der Waals surface area (Å²) in [6.07, 6.45) is 9.13. The van der Waals surface area contributed by atoms with Crippen LogP contribution in [0.5, 0.6) is 0 Å². The van der Waals surface area contributed by atoms with Crippen molar-refractivity contribution in [2.75, 3.05) is 0 Å². The average molecular weight is 314 g/mol. The van der Waals surface area contributed by atoms with Crippen molar-refractivity contribution < 1.29 is 14.4 Å². The molecule has 4 aliphatic carbocycles. The third-order valence-electron chi connectivity index (χ3n) is 7.81. The lowest BCUT2D eigenvalue weighted by Crippen LogP contribution is -2.53. The second kappa shape index (κ2) is 4.87. The molecular weight excluding hydrogens is 288 g/mol. The van der Waals surface area contributed by atoms with Crippen LogP contribution in [0.2, 0.25) is 0 Å². The molecule has 3 heteroatoms. The fraction of sp³-hybridized carbons (Fsp3) is 0.750. The van der Waals surface area contributed by atoms with Gasteiger partial charge < -0.3 is 4.79 Å². The summed E-state index contributed by atoms with van der Waals surface area (Å²) in [4.78, 5) is 36.8. The van der Waals surface area contributed by atoms with E-state index in [9.17, 15) is 14.4 Å². The molecule has 0 bridgehead atoms. The van der Waals surface area contributed by atoms with Gasteiger partial charge in [-0.1, -0.05) is 19.4 Å². The Hall–Kier alpha value is -1.25. The Morgan fingerprint density at radius 3 is 2.65 bits per heavy atom. The molecule has 4 aliphatic rings. The van der Waals surface area contributed by atoms with E-state index < -0.39 is 5.41 Å². The minimum atomic E-state index is -0.427. The molecule has 0 heterocycles. The molecule has 1 unspecified atom stereocenters. The number of aldehydes is 1. The van der Waals surface area contributed by atoms with Gasteiger partial charge in [0.2, 0.25) is 0 Å². The number of ketones is 2. The minimum Gasteiger partial charge on any atom is -0.302 e. The van der Waals surface area contributed by atoms with Crippen LogP contribution in [-0.4, -0.2) is 17.9 Å². The first kappa shape index (κ1) is 15.3. The largest absolute Gasteiger partial charge is 0.302 e. The fourth-order valence-electron chi connectivity index (χ4n) is 6.52. The molecular formula is C20H26O3. The molecule has 0 N–H and O–H groups in total. The van der Waals surface area contributed by atoms with Crippen LogP contribution in [-0.2, 0) is 14.4 Å². The number of Topliss-reactive ketones (excluding diaryl/α,β-unsaturated/α-hetero) is 1. The van der Waals surface area contributed by atoms with E-state index in [2.05, 4.69) is 6.92 Å². The zero-order chi connectivity index (χ0) is 16.4. The van der Waals surface area contributed by atoms with Crippen molar-refractivity contribution >= 4 is 17.9 Å². The molecule has 3 fully saturated rings. The summed E-state index contributed by atoms with van der Waals surface area (Å²) < 4.78 is 0. The van der Waals surface area contributed by atoms with E-state index in [1.54, 1.807) is 6.08 Å². The van der Waals surface area contributed by atoms with Gasteiger partial charge in [-0.05, 0) is 62.4 Å². The Labute approximate surface area is 137 Å². The molecule has 0 aliphatic heterocycles. The van der Waals surface area contributed by atoms with E-state index in [1.165, 1.54) is 0 Å². The molecule has 0 aromatic carbocycles. The van der Waals surface area contributed by atoms with Crippen molar-refractivity contribution in [3.63, 3.8) is 0 Å². The molecule has 0 aromatic rings. The summed E-state index contributed by atoms with van der Waals surface area (Å²) in [7, 11) is 0. The number of carbonyl (C=O) groups is 3. The maximum absolute atomic E-state index is 12.4. The topological polar surface area (TPSA) is 51.2 Å². The first-order valence-corrected chi connectivity index (χ1v) is 9.17. The highest BCUT2D eigenvalue weighted by Gasteiger charge is 2.60. The van der Waals surface area contributed by atoms with Crippen LogP contribution < -0.4 is 0 Å². The van der Waals surface area contributed by atoms with Crippen LogP contribution in [0.4, 0.5) is 0 Å². The van der Waals surface area contributed by atoms with Gasteiger partial charge in [-0.25, -0.2) is 0 Å². The first-order valence-electron chi connectivity index (χ1n) is 9.17. The number of hydrogen-bond acceptors (Lipinski definition) is 3. The Kier molecular flexibility index (Phi) is 3.24. The van der Waals surface area contributed by atoms with Gasteiger partial charge in [0.1, 0.15) is 12.1 Å². The molecule has 0 radical (unpaired) electrons. The molecule has 0 amide bonds. The zero-order valence-electron chi connectivity index (χ0n) is 14.1. The fourth-order valence-corrected chi connectivity index (χ4v) is 6.52. The van der Waals surface area contributed by atoms with Crippen LogP contribution in [0.3, 0.4) is 0 Å². The Morgan fingerprint density at radius 1 is 1.13 bits per heavy atom. The summed E-state index contributed by atoms with van der Waals surface area (Å²) in [6.45, 7) is 4.12. The van der Waals surface area contributed by atoms with Gasteiger partial charge in [-0.3, -0.25) is 9.59 Å². The summed E-state index contributed by atoms with van der Waals surface area (Å²) in [5.74, 6) is 1.83. The third-order valence-corrected chi connectivity index (χ3v) is 7.81. The molecule has 0 spiro atoms. The lowest BCUT2D eigenvalue weighted by molar-refractivity contribution is -0.137. The van der Waals surface area contributed by atoms with Crippen molar-refractivity contribution in [3.05, 3.63) is 11.6 Å². The third kappa shape index (κ3) is 1.85. The van der Waals surface area contributed by atoms with Crippen LogP contribution in [0.25, 0.3) is 0 Å². The van der Waals surface area contributed by atoms with Gasteiger partial charge in [0.15, 0.2) is 5.78 Å². The van der Waals surface area contributed by atoms with Crippen LogP contribution in [0.15, 0.2) is 11.6 Å².